The molecule has 1 aromatic rings. The van der Waals surface area contributed by atoms with Crippen LogP contribution in [0.25, 0.3) is 0 Å². The summed E-state index contributed by atoms with van der Waals surface area (Å²) in [5.41, 5.74) is -0.841. The van der Waals surface area contributed by atoms with Gasteiger partial charge in [0.1, 0.15) is 0 Å². The minimum Gasteiger partial charge on any atom is -0.350 e. The molecule has 0 bridgehead atoms. The van der Waals surface area contributed by atoms with E-state index in [1.165, 1.54) is 12.1 Å². The van der Waals surface area contributed by atoms with Crippen molar-refractivity contribution in [3.05, 3.63) is 35.4 Å². The minimum absolute atomic E-state index is 0.00810. The van der Waals surface area contributed by atoms with Gasteiger partial charge < -0.3 is 5.32 Å². The summed E-state index contributed by atoms with van der Waals surface area (Å²) in [5, 5.41) is 2.59. The molecule has 0 heterocycles. The van der Waals surface area contributed by atoms with Gasteiger partial charge in [-0.2, -0.15) is 13.2 Å². The van der Waals surface area contributed by atoms with Gasteiger partial charge in [0.2, 0.25) is 0 Å². The first kappa shape index (κ1) is 14.8. The summed E-state index contributed by atoms with van der Waals surface area (Å²) in [5.74, 6) is -0.150. The Morgan fingerprint density at radius 2 is 2.11 bits per heavy atom. The van der Waals surface area contributed by atoms with E-state index in [1.807, 2.05) is 0 Å². The van der Waals surface area contributed by atoms with Crippen LogP contribution < -0.4 is 5.32 Å². The first-order chi connectivity index (χ1) is 8.34. The molecule has 1 aromatic carbocycles. The summed E-state index contributed by atoms with van der Waals surface area (Å²) in [6.07, 6.45) is -3.88. The van der Waals surface area contributed by atoms with Gasteiger partial charge in [0.15, 0.2) is 0 Å². The third kappa shape index (κ3) is 4.22. The molecule has 0 spiro atoms. The lowest BCUT2D eigenvalue weighted by atomic mass is 10.1. The van der Waals surface area contributed by atoms with Crippen molar-refractivity contribution < 1.29 is 18.0 Å². The summed E-state index contributed by atoms with van der Waals surface area (Å²) >= 11 is 5.51. The highest BCUT2D eigenvalue weighted by Gasteiger charge is 2.30. The maximum Gasteiger partial charge on any atom is 0.416 e. The number of carbonyl (C=O) groups is 1. The number of amides is 1. The number of carbonyl (C=O) groups excluding carboxylic acids is 1. The zero-order valence-electron chi connectivity index (χ0n) is 9.72. The maximum atomic E-state index is 12.5. The Kier molecular flexibility index (Phi) is 5.02. The number of benzene rings is 1. The molecule has 1 amide bonds. The van der Waals surface area contributed by atoms with Crippen LogP contribution in [0.1, 0.15) is 29.3 Å². The van der Waals surface area contributed by atoms with E-state index in [4.69, 9.17) is 11.6 Å². The molecule has 2 nitrogen and oxygen atoms in total. The Morgan fingerprint density at radius 3 is 2.67 bits per heavy atom. The second kappa shape index (κ2) is 6.09. The number of alkyl halides is 4. The van der Waals surface area contributed by atoms with Crippen LogP contribution in [0.4, 0.5) is 13.2 Å². The van der Waals surface area contributed by atoms with Crippen molar-refractivity contribution in [2.75, 3.05) is 5.88 Å². The number of hydrogen-bond donors (Lipinski definition) is 1. The van der Waals surface area contributed by atoms with E-state index in [-0.39, 0.29) is 11.6 Å². The van der Waals surface area contributed by atoms with Crippen molar-refractivity contribution in [3.63, 3.8) is 0 Å². The lowest BCUT2D eigenvalue weighted by molar-refractivity contribution is -0.137. The molecule has 100 valence electrons. The van der Waals surface area contributed by atoms with E-state index < -0.39 is 17.6 Å². The zero-order valence-corrected chi connectivity index (χ0v) is 10.5. The van der Waals surface area contributed by atoms with Crippen LogP contribution >= 0.6 is 11.6 Å². The molecule has 1 unspecified atom stereocenters. The number of halogens is 4. The van der Waals surface area contributed by atoms with Crippen molar-refractivity contribution in [2.24, 2.45) is 0 Å². The fourth-order valence-electron chi connectivity index (χ4n) is 1.38. The molecule has 6 heteroatoms. The van der Waals surface area contributed by atoms with Crippen LogP contribution in [0.3, 0.4) is 0 Å². The van der Waals surface area contributed by atoms with E-state index in [0.29, 0.717) is 12.3 Å². The van der Waals surface area contributed by atoms with Crippen LogP contribution in [0.5, 0.6) is 0 Å². The highest BCUT2D eigenvalue weighted by Crippen LogP contribution is 2.29. The second-order valence-electron chi connectivity index (χ2n) is 3.93. The monoisotopic (exact) mass is 279 g/mol. The van der Waals surface area contributed by atoms with Gasteiger partial charge in [-0.1, -0.05) is 6.07 Å². The van der Waals surface area contributed by atoms with Crippen molar-refractivity contribution >= 4 is 17.5 Å². The summed E-state index contributed by atoms with van der Waals surface area (Å²) in [6.45, 7) is 1.74. The average Bonchev–Trinajstić information content (AvgIpc) is 2.28. The topological polar surface area (TPSA) is 29.1 Å². The molecular formula is C12H13ClF3NO. The largest absolute Gasteiger partial charge is 0.416 e. The molecule has 0 fully saturated rings. The third-order valence-electron chi connectivity index (χ3n) is 2.37. The van der Waals surface area contributed by atoms with Gasteiger partial charge >= 0.3 is 6.18 Å². The zero-order chi connectivity index (χ0) is 13.8. The van der Waals surface area contributed by atoms with E-state index >= 15 is 0 Å². The highest BCUT2D eigenvalue weighted by atomic mass is 35.5. The molecule has 0 saturated heterocycles. The van der Waals surface area contributed by atoms with Gasteiger partial charge in [0.25, 0.3) is 5.91 Å². The Balaban J connectivity index is 2.81. The van der Waals surface area contributed by atoms with Crippen LogP contribution in [0.2, 0.25) is 0 Å². The van der Waals surface area contributed by atoms with Gasteiger partial charge in [-0.25, -0.2) is 0 Å². The summed E-state index contributed by atoms with van der Waals surface area (Å²) < 4.78 is 37.4. The fraction of sp³-hybridized carbons (Fsp3) is 0.417. The third-order valence-corrected chi connectivity index (χ3v) is 2.59. The molecule has 0 radical (unpaired) electrons. The summed E-state index contributed by atoms with van der Waals surface area (Å²) in [6, 6.07) is 4.15. The SMILES string of the molecule is CC(CCCl)NC(=O)c1cccc(C(F)(F)F)c1. The smallest absolute Gasteiger partial charge is 0.350 e. The van der Waals surface area contributed by atoms with Crippen LogP contribution in [-0.4, -0.2) is 17.8 Å². The summed E-state index contributed by atoms with van der Waals surface area (Å²) in [7, 11) is 0. The second-order valence-corrected chi connectivity index (χ2v) is 4.31. The molecule has 0 aliphatic heterocycles. The van der Waals surface area contributed by atoms with Gasteiger partial charge in [0.05, 0.1) is 5.56 Å². The highest BCUT2D eigenvalue weighted by molar-refractivity contribution is 6.17. The van der Waals surface area contributed by atoms with Gasteiger partial charge in [-0.3, -0.25) is 4.79 Å². The maximum absolute atomic E-state index is 12.5. The Labute approximate surface area is 108 Å². The van der Waals surface area contributed by atoms with Crippen molar-refractivity contribution in [1.82, 2.24) is 5.32 Å². The Bertz CT molecular complexity index is 420. The first-order valence-corrected chi connectivity index (χ1v) is 5.92. The number of nitrogens with one attached hydrogen (secondary N) is 1. The lowest BCUT2D eigenvalue weighted by Crippen LogP contribution is -2.32. The van der Waals surface area contributed by atoms with Crippen molar-refractivity contribution in [1.29, 1.82) is 0 Å². The van der Waals surface area contributed by atoms with E-state index in [2.05, 4.69) is 5.32 Å². The standard InChI is InChI=1S/C12H13ClF3NO/c1-8(5-6-13)17-11(18)9-3-2-4-10(7-9)12(14,15)16/h2-4,7-8H,5-6H2,1H3,(H,17,18). The molecule has 0 aromatic heterocycles. The van der Waals surface area contributed by atoms with Gasteiger partial charge in [-0.05, 0) is 31.5 Å². The number of hydrogen-bond acceptors (Lipinski definition) is 1. The predicted octanol–water partition coefficient (Wildman–Crippen LogP) is 3.45. The first-order valence-electron chi connectivity index (χ1n) is 5.38. The van der Waals surface area contributed by atoms with Gasteiger partial charge in [0, 0.05) is 17.5 Å². The molecule has 18 heavy (non-hydrogen) atoms. The summed E-state index contributed by atoms with van der Waals surface area (Å²) in [4.78, 5) is 11.7. The van der Waals surface area contributed by atoms with Crippen molar-refractivity contribution in [3.8, 4) is 0 Å². The Morgan fingerprint density at radius 1 is 1.44 bits per heavy atom. The average molecular weight is 280 g/mol. The van der Waals surface area contributed by atoms with Crippen LogP contribution in [0, 0.1) is 0 Å². The molecule has 0 saturated carbocycles. The molecule has 0 aliphatic carbocycles. The lowest BCUT2D eigenvalue weighted by Gasteiger charge is -2.13. The Hall–Kier alpha value is -1.23. The molecule has 1 rings (SSSR count). The molecule has 1 atom stereocenters. The van der Waals surface area contributed by atoms with E-state index in [0.717, 1.165) is 12.1 Å². The number of rotatable bonds is 4. The van der Waals surface area contributed by atoms with Gasteiger partial charge in [-0.15, -0.1) is 11.6 Å². The van der Waals surface area contributed by atoms with E-state index in [1.54, 1.807) is 6.92 Å². The van der Waals surface area contributed by atoms with Crippen LogP contribution in [-0.2, 0) is 6.18 Å². The minimum atomic E-state index is -4.45. The fourth-order valence-corrected chi connectivity index (χ4v) is 1.71. The molecular weight excluding hydrogens is 267 g/mol. The normalized spacial score (nSPS) is 13.2. The van der Waals surface area contributed by atoms with Crippen molar-refractivity contribution in [2.45, 2.75) is 25.6 Å². The molecule has 0 aliphatic rings. The van der Waals surface area contributed by atoms with E-state index in [9.17, 15) is 18.0 Å². The quantitative estimate of drug-likeness (QED) is 0.841. The van der Waals surface area contributed by atoms with Crippen LogP contribution in [0.15, 0.2) is 24.3 Å². The molecule has 1 N–H and O–H groups in total. The predicted molar refractivity (Wildman–Crippen MR) is 63.7 cm³/mol.